The fourth-order valence-electron chi connectivity index (χ4n) is 2.38. The third-order valence-electron chi connectivity index (χ3n) is 3.52. The van der Waals surface area contributed by atoms with Crippen molar-refractivity contribution >= 4 is 0 Å². The van der Waals surface area contributed by atoms with Crippen molar-refractivity contribution in [3.05, 3.63) is 23.6 Å². The van der Waals surface area contributed by atoms with E-state index in [4.69, 9.17) is 4.74 Å². The number of halogens is 1. The molecule has 0 spiro atoms. The summed E-state index contributed by atoms with van der Waals surface area (Å²) in [5.74, 6) is -0.211. The summed E-state index contributed by atoms with van der Waals surface area (Å²) in [5, 5.41) is 3.19. The zero-order valence-electron chi connectivity index (χ0n) is 12.2. The maximum atomic E-state index is 14.2. The standard InChI is InChI=1S/C15H24FN3O/c1-2-6-17-12-13-5-7-18-15(14(13)16)20-11-10-19-8-3-4-9-19/h5,7,17H,2-4,6,8-12H2,1H3. The number of nitrogens with zero attached hydrogens (tertiary/aromatic N) is 2. The lowest BCUT2D eigenvalue weighted by Gasteiger charge is -2.15. The van der Waals surface area contributed by atoms with Gasteiger partial charge >= 0.3 is 0 Å². The van der Waals surface area contributed by atoms with Crippen molar-refractivity contribution in [3.8, 4) is 5.88 Å². The Hall–Kier alpha value is -1.20. The molecule has 5 heteroatoms. The van der Waals surface area contributed by atoms with Crippen LogP contribution in [0, 0.1) is 5.82 Å². The fourth-order valence-corrected chi connectivity index (χ4v) is 2.38. The van der Waals surface area contributed by atoms with E-state index in [1.807, 2.05) is 0 Å². The number of rotatable bonds is 8. The SMILES string of the molecule is CCCNCc1ccnc(OCCN2CCCC2)c1F. The number of aromatic nitrogens is 1. The Morgan fingerprint density at radius 2 is 2.20 bits per heavy atom. The Balaban J connectivity index is 1.82. The quantitative estimate of drug-likeness (QED) is 0.741. The molecule has 1 saturated heterocycles. The largest absolute Gasteiger partial charge is 0.474 e. The number of ether oxygens (including phenoxy) is 1. The van der Waals surface area contributed by atoms with Crippen LogP contribution in [0.25, 0.3) is 0 Å². The predicted octanol–water partition coefficient (Wildman–Crippen LogP) is 2.19. The van der Waals surface area contributed by atoms with Gasteiger partial charge in [-0.3, -0.25) is 4.90 Å². The van der Waals surface area contributed by atoms with E-state index in [0.717, 1.165) is 32.6 Å². The van der Waals surface area contributed by atoms with Crippen LogP contribution in [0.2, 0.25) is 0 Å². The number of hydrogen-bond acceptors (Lipinski definition) is 4. The molecule has 2 heterocycles. The average Bonchev–Trinajstić information content (AvgIpc) is 2.96. The van der Waals surface area contributed by atoms with Crippen LogP contribution < -0.4 is 10.1 Å². The Morgan fingerprint density at radius 1 is 1.40 bits per heavy atom. The molecule has 1 fully saturated rings. The van der Waals surface area contributed by atoms with Crippen molar-refractivity contribution in [1.82, 2.24) is 15.2 Å². The first-order valence-corrected chi connectivity index (χ1v) is 7.50. The Bertz CT molecular complexity index is 408. The van der Waals surface area contributed by atoms with Gasteiger partial charge in [0.15, 0.2) is 5.82 Å². The number of pyridine rings is 1. The van der Waals surface area contributed by atoms with E-state index in [9.17, 15) is 4.39 Å². The van der Waals surface area contributed by atoms with Gasteiger partial charge in [-0.25, -0.2) is 9.37 Å². The van der Waals surface area contributed by atoms with E-state index >= 15 is 0 Å². The minimum absolute atomic E-state index is 0.125. The first kappa shape index (κ1) is 15.2. The maximum absolute atomic E-state index is 14.2. The van der Waals surface area contributed by atoms with Gasteiger partial charge in [-0.05, 0) is 45.0 Å². The predicted molar refractivity (Wildman–Crippen MR) is 77.4 cm³/mol. The lowest BCUT2D eigenvalue weighted by Crippen LogP contribution is -2.25. The normalized spacial score (nSPS) is 15.7. The van der Waals surface area contributed by atoms with Gasteiger partial charge in [-0.2, -0.15) is 0 Å². The van der Waals surface area contributed by atoms with Crippen molar-refractivity contribution in [2.75, 3.05) is 32.8 Å². The van der Waals surface area contributed by atoms with Gasteiger partial charge in [0, 0.05) is 24.8 Å². The van der Waals surface area contributed by atoms with Crippen LogP contribution >= 0.6 is 0 Å². The second-order valence-corrected chi connectivity index (χ2v) is 5.16. The number of nitrogens with one attached hydrogen (secondary N) is 1. The van der Waals surface area contributed by atoms with Crippen LogP contribution in [-0.2, 0) is 6.54 Å². The van der Waals surface area contributed by atoms with E-state index in [0.29, 0.717) is 18.7 Å². The van der Waals surface area contributed by atoms with E-state index in [2.05, 4.69) is 22.1 Å². The van der Waals surface area contributed by atoms with Crippen molar-refractivity contribution in [3.63, 3.8) is 0 Å². The van der Waals surface area contributed by atoms with Crippen molar-refractivity contribution < 1.29 is 9.13 Å². The molecule has 0 amide bonds. The molecule has 112 valence electrons. The topological polar surface area (TPSA) is 37.4 Å². The molecule has 1 aliphatic heterocycles. The maximum Gasteiger partial charge on any atom is 0.250 e. The van der Waals surface area contributed by atoms with Gasteiger partial charge in [-0.1, -0.05) is 6.92 Å². The van der Waals surface area contributed by atoms with Crippen molar-refractivity contribution in [1.29, 1.82) is 0 Å². The van der Waals surface area contributed by atoms with E-state index in [1.165, 1.54) is 12.8 Å². The molecule has 1 aromatic rings. The Kier molecular flexibility index (Phi) is 6.21. The molecule has 0 saturated carbocycles. The summed E-state index contributed by atoms with van der Waals surface area (Å²) in [6.45, 7) is 7.08. The first-order valence-electron chi connectivity index (χ1n) is 7.50. The minimum atomic E-state index is -0.336. The Labute approximate surface area is 120 Å². The lowest BCUT2D eigenvalue weighted by molar-refractivity contribution is 0.224. The highest BCUT2D eigenvalue weighted by atomic mass is 19.1. The van der Waals surface area contributed by atoms with Crippen LogP contribution in [0.3, 0.4) is 0 Å². The van der Waals surface area contributed by atoms with Gasteiger partial charge in [0.2, 0.25) is 0 Å². The molecule has 0 bridgehead atoms. The molecular formula is C15H24FN3O. The first-order chi connectivity index (χ1) is 9.81. The summed E-state index contributed by atoms with van der Waals surface area (Å²) < 4.78 is 19.6. The van der Waals surface area contributed by atoms with Gasteiger partial charge < -0.3 is 10.1 Å². The summed E-state index contributed by atoms with van der Waals surface area (Å²) in [4.78, 5) is 6.33. The highest BCUT2D eigenvalue weighted by Crippen LogP contribution is 2.17. The summed E-state index contributed by atoms with van der Waals surface area (Å²) in [6.07, 6.45) is 5.15. The third-order valence-corrected chi connectivity index (χ3v) is 3.52. The molecule has 2 rings (SSSR count). The van der Waals surface area contributed by atoms with Crippen LogP contribution in [0.4, 0.5) is 4.39 Å². The van der Waals surface area contributed by atoms with Gasteiger partial charge in [0.1, 0.15) is 6.61 Å². The van der Waals surface area contributed by atoms with E-state index < -0.39 is 0 Å². The smallest absolute Gasteiger partial charge is 0.250 e. The summed E-state index contributed by atoms with van der Waals surface area (Å²) in [5.41, 5.74) is 0.615. The molecule has 4 nitrogen and oxygen atoms in total. The fraction of sp³-hybridized carbons (Fsp3) is 0.667. The average molecular weight is 281 g/mol. The molecular weight excluding hydrogens is 257 g/mol. The monoisotopic (exact) mass is 281 g/mol. The molecule has 20 heavy (non-hydrogen) atoms. The van der Waals surface area contributed by atoms with Crippen LogP contribution in [0.15, 0.2) is 12.3 Å². The molecule has 0 radical (unpaired) electrons. The second-order valence-electron chi connectivity index (χ2n) is 5.16. The van der Waals surface area contributed by atoms with Crippen molar-refractivity contribution in [2.24, 2.45) is 0 Å². The molecule has 1 N–H and O–H groups in total. The Morgan fingerprint density at radius 3 is 2.95 bits per heavy atom. The number of hydrogen-bond donors (Lipinski definition) is 1. The highest BCUT2D eigenvalue weighted by Gasteiger charge is 2.13. The zero-order chi connectivity index (χ0) is 14.2. The van der Waals surface area contributed by atoms with Gasteiger partial charge in [-0.15, -0.1) is 0 Å². The van der Waals surface area contributed by atoms with E-state index in [1.54, 1.807) is 12.3 Å². The van der Waals surface area contributed by atoms with Gasteiger partial charge in [0.05, 0.1) is 0 Å². The van der Waals surface area contributed by atoms with Gasteiger partial charge in [0.25, 0.3) is 5.88 Å². The van der Waals surface area contributed by atoms with Crippen LogP contribution in [0.5, 0.6) is 5.88 Å². The summed E-state index contributed by atoms with van der Waals surface area (Å²) in [6, 6.07) is 1.70. The van der Waals surface area contributed by atoms with Crippen molar-refractivity contribution in [2.45, 2.75) is 32.7 Å². The second kappa shape index (κ2) is 8.17. The molecule has 1 aliphatic rings. The van der Waals surface area contributed by atoms with Crippen LogP contribution in [0.1, 0.15) is 31.7 Å². The number of likely N-dealkylation sites (tertiary alicyclic amines) is 1. The molecule has 0 atom stereocenters. The molecule has 0 unspecified atom stereocenters. The molecule has 1 aromatic heterocycles. The summed E-state index contributed by atoms with van der Waals surface area (Å²) in [7, 11) is 0. The van der Waals surface area contributed by atoms with Crippen LogP contribution in [-0.4, -0.2) is 42.7 Å². The minimum Gasteiger partial charge on any atom is -0.474 e. The zero-order valence-corrected chi connectivity index (χ0v) is 12.2. The molecule has 0 aromatic carbocycles. The lowest BCUT2D eigenvalue weighted by atomic mass is 10.2. The highest BCUT2D eigenvalue weighted by molar-refractivity contribution is 5.23. The molecule has 0 aliphatic carbocycles. The summed E-state index contributed by atoms with van der Waals surface area (Å²) >= 11 is 0. The third kappa shape index (κ3) is 4.42. The van der Waals surface area contributed by atoms with E-state index in [-0.39, 0.29) is 11.7 Å².